The van der Waals surface area contributed by atoms with Crippen LogP contribution in [-0.4, -0.2) is 19.2 Å². The summed E-state index contributed by atoms with van der Waals surface area (Å²) in [7, 11) is 0. The minimum absolute atomic E-state index is 0.0414. The standard InChI is InChI=1S/C21H21F6NO/c1-13(15-9-16(20(22,23)24)11-17(10-15)21(25,26)27)29-19-7-8-28-12-18(19)14-5-3-2-4-6-14/h2-6,9-11,13,18-19,28H,7-8,12H2,1H3. The van der Waals surface area contributed by atoms with Crippen LogP contribution in [0.3, 0.4) is 0 Å². The first kappa shape index (κ1) is 21.6. The largest absolute Gasteiger partial charge is 0.416 e. The molecule has 2 aromatic carbocycles. The summed E-state index contributed by atoms with van der Waals surface area (Å²) >= 11 is 0. The molecule has 3 unspecified atom stereocenters. The molecule has 0 aromatic heterocycles. The van der Waals surface area contributed by atoms with E-state index in [-0.39, 0.29) is 23.7 Å². The molecule has 0 radical (unpaired) electrons. The van der Waals surface area contributed by atoms with Crippen molar-refractivity contribution in [1.29, 1.82) is 0 Å². The number of nitrogens with one attached hydrogen (secondary N) is 1. The molecule has 2 nitrogen and oxygen atoms in total. The highest BCUT2D eigenvalue weighted by Gasteiger charge is 2.38. The molecule has 0 saturated carbocycles. The maximum atomic E-state index is 13.1. The monoisotopic (exact) mass is 417 g/mol. The van der Waals surface area contributed by atoms with E-state index in [1.165, 1.54) is 6.92 Å². The van der Waals surface area contributed by atoms with Crippen molar-refractivity contribution < 1.29 is 31.1 Å². The van der Waals surface area contributed by atoms with Gasteiger partial charge in [-0.15, -0.1) is 0 Å². The second kappa shape index (κ2) is 8.36. The van der Waals surface area contributed by atoms with Crippen molar-refractivity contribution in [2.75, 3.05) is 13.1 Å². The summed E-state index contributed by atoms with van der Waals surface area (Å²) in [5.41, 5.74) is -1.79. The molecular weight excluding hydrogens is 396 g/mol. The third-order valence-electron chi connectivity index (χ3n) is 5.10. The van der Waals surface area contributed by atoms with Gasteiger partial charge in [0.2, 0.25) is 0 Å². The summed E-state index contributed by atoms with van der Waals surface area (Å²) < 4.78 is 84.8. The molecule has 2 aromatic rings. The maximum absolute atomic E-state index is 13.1. The number of rotatable bonds is 4. The molecule has 3 rings (SSSR count). The lowest BCUT2D eigenvalue weighted by Crippen LogP contribution is -2.40. The van der Waals surface area contributed by atoms with Crippen LogP contribution in [0.2, 0.25) is 0 Å². The van der Waals surface area contributed by atoms with Gasteiger partial charge < -0.3 is 10.1 Å². The summed E-state index contributed by atoms with van der Waals surface area (Å²) in [4.78, 5) is 0. The van der Waals surface area contributed by atoms with E-state index in [1.54, 1.807) is 0 Å². The smallest absolute Gasteiger partial charge is 0.370 e. The Kier molecular flexibility index (Phi) is 6.24. The molecule has 0 aliphatic carbocycles. The number of ether oxygens (including phenoxy) is 1. The summed E-state index contributed by atoms with van der Waals surface area (Å²) in [6.07, 6.45) is -10.4. The van der Waals surface area contributed by atoms with E-state index in [1.807, 2.05) is 30.3 Å². The number of alkyl halides is 6. The van der Waals surface area contributed by atoms with Crippen molar-refractivity contribution in [2.24, 2.45) is 0 Å². The summed E-state index contributed by atoms with van der Waals surface area (Å²) in [5, 5.41) is 3.26. The van der Waals surface area contributed by atoms with Gasteiger partial charge in [-0.05, 0) is 49.2 Å². The topological polar surface area (TPSA) is 21.3 Å². The maximum Gasteiger partial charge on any atom is 0.416 e. The van der Waals surface area contributed by atoms with Crippen molar-refractivity contribution in [3.8, 4) is 0 Å². The van der Waals surface area contributed by atoms with Crippen LogP contribution in [0.5, 0.6) is 0 Å². The van der Waals surface area contributed by atoms with E-state index in [2.05, 4.69) is 5.32 Å². The quantitative estimate of drug-likeness (QED) is 0.621. The lowest BCUT2D eigenvalue weighted by molar-refractivity contribution is -0.143. The molecule has 29 heavy (non-hydrogen) atoms. The van der Waals surface area contributed by atoms with Gasteiger partial charge in [-0.2, -0.15) is 26.3 Å². The van der Waals surface area contributed by atoms with Gasteiger partial charge in [0.25, 0.3) is 0 Å². The summed E-state index contributed by atoms with van der Waals surface area (Å²) in [6.45, 7) is 2.77. The third kappa shape index (κ3) is 5.30. The van der Waals surface area contributed by atoms with Gasteiger partial charge in [0.1, 0.15) is 0 Å². The Bertz CT molecular complexity index is 786. The van der Waals surface area contributed by atoms with Crippen LogP contribution >= 0.6 is 0 Å². The SMILES string of the molecule is CC(OC1CCNCC1c1ccccc1)c1cc(C(F)(F)F)cc(C(F)(F)F)c1. The molecule has 1 aliphatic rings. The predicted octanol–water partition coefficient (Wildman–Crippen LogP) is 5.95. The molecule has 0 spiro atoms. The first-order valence-electron chi connectivity index (χ1n) is 9.26. The van der Waals surface area contributed by atoms with Crippen molar-refractivity contribution in [3.05, 3.63) is 70.8 Å². The third-order valence-corrected chi connectivity index (χ3v) is 5.10. The van der Waals surface area contributed by atoms with E-state index >= 15 is 0 Å². The van der Waals surface area contributed by atoms with Crippen molar-refractivity contribution in [1.82, 2.24) is 5.32 Å². The second-order valence-electron chi connectivity index (χ2n) is 7.17. The number of piperidine rings is 1. The Morgan fingerprint density at radius 2 is 1.52 bits per heavy atom. The minimum atomic E-state index is -4.88. The number of halogens is 6. The lowest BCUT2D eigenvalue weighted by Gasteiger charge is -2.34. The molecule has 1 saturated heterocycles. The lowest BCUT2D eigenvalue weighted by atomic mass is 9.88. The highest BCUT2D eigenvalue weighted by Crippen LogP contribution is 2.39. The van der Waals surface area contributed by atoms with Gasteiger partial charge in [-0.25, -0.2) is 0 Å². The van der Waals surface area contributed by atoms with Crippen LogP contribution < -0.4 is 5.32 Å². The van der Waals surface area contributed by atoms with Crippen molar-refractivity contribution in [2.45, 2.75) is 43.8 Å². The van der Waals surface area contributed by atoms with E-state index < -0.39 is 29.6 Å². The van der Waals surface area contributed by atoms with Gasteiger partial charge in [-0.3, -0.25) is 0 Å². The van der Waals surface area contributed by atoms with Crippen LogP contribution in [0, 0.1) is 0 Å². The Labute approximate surface area is 164 Å². The Balaban J connectivity index is 1.88. The normalized spacial score (nSPS) is 21.8. The Morgan fingerprint density at radius 3 is 2.07 bits per heavy atom. The minimum Gasteiger partial charge on any atom is -0.370 e. The highest BCUT2D eigenvalue weighted by atomic mass is 19.4. The van der Waals surface area contributed by atoms with Crippen LogP contribution in [0.1, 0.15) is 47.6 Å². The van der Waals surface area contributed by atoms with E-state index in [0.29, 0.717) is 19.5 Å². The van der Waals surface area contributed by atoms with Crippen LogP contribution in [0.15, 0.2) is 48.5 Å². The predicted molar refractivity (Wildman–Crippen MR) is 96.4 cm³/mol. The number of hydrogen-bond acceptors (Lipinski definition) is 2. The van der Waals surface area contributed by atoms with Gasteiger partial charge in [0.15, 0.2) is 0 Å². The van der Waals surface area contributed by atoms with Crippen LogP contribution in [0.4, 0.5) is 26.3 Å². The van der Waals surface area contributed by atoms with Crippen LogP contribution in [0.25, 0.3) is 0 Å². The first-order chi connectivity index (χ1) is 13.6. The second-order valence-corrected chi connectivity index (χ2v) is 7.17. The van der Waals surface area contributed by atoms with Crippen molar-refractivity contribution in [3.63, 3.8) is 0 Å². The molecular formula is C21H21F6NO. The molecule has 3 atom stereocenters. The number of benzene rings is 2. The van der Waals surface area contributed by atoms with Crippen molar-refractivity contribution >= 4 is 0 Å². The Morgan fingerprint density at radius 1 is 0.931 bits per heavy atom. The highest BCUT2D eigenvalue weighted by molar-refractivity contribution is 5.35. The van der Waals surface area contributed by atoms with Gasteiger partial charge >= 0.3 is 12.4 Å². The molecule has 1 heterocycles. The van der Waals surface area contributed by atoms with Gasteiger partial charge in [0.05, 0.1) is 23.3 Å². The summed E-state index contributed by atoms with van der Waals surface area (Å²) in [5.74, 6) is -0.0414. The van der Waals surface area contributed by atoms with Gasteiger partial charge in [-0.1, -0.05) is 30.3 Å². The zero-order valence-corrected chi connectivity index (χ0v) is 15.6. The van der Waals surface area contributed by atoms with E-state index in [4.69, 9.17) is 4.74 Å². The summed E-state index contributed by atoms with van der Waals surface area (Å²) in [6, 6.07) is 11.1. The number of hydrogen-bond donors (Lipinski definition) is 1. The van der Waals surface area contributed by atoms with E-state index in [9.17, 15) is 26.3 Å². The Hall–Kier alpha value is -2.06. The molecule has 158 valence electrons. The fraction of sp³-hybridized carbons (Fsp3) is 0.429. The molecule has 0 amide bonds. The fourth-order valence-corrected chi connectivity index (χ4v) is 3.58. The van der Waals surface area contributed by atoms with Gasteiger partial charge in [0, 0.05) is 12.5 Å². The molecule has 0 bridgehead atoms. The van der Waals surface area contributed by atoms with E-state index in [0.717, 1.165) is 17.7 Å². The zero-order chi connectivity index (χ0) is 21.2. The molecule has 1 N–H and O–H groups in total. The molecule has 1 fully saturated rings. The molecule has 1 aliphatic heterocycles. The average molecular weight is 417 g/mol. The average Bonchev–Trinajstić information content (AvgIpc) is 2.67. The zero-order valence-electron chi connectivity index (χ0n) is 15.6. The molecule has 8 heteroatoms. The fourth-order valence-electron chi connectivity index (χ4n) is 3.58. The van der Waals surface area contributed by atoms with Crippen LogP contribution in [-0.2, 0) is 17.1 Å². The first-order valence-corrected chi connectivity index (χ1v) is 9.26.